The number of rotatable bonds is 3. The van der Waals surface area contributed by atoms with Crippen molar-refractivity contribution >= 4 is 5.96 Å². The highest BCUT2D eigenvalue weighted by atomic mass is 16.6. The number of aliphatic imine (C=N–C) groups is 1. The van der Waals surface area contributed by atoms with Crippen LogP contribution >= 0.6 is 0 Å². The largest absolute Gasteiger partial charge is 0.391 e. The standard InChI is InChI=1S/C5H13N3O2/c1-4(9)3-7-5(6)8-10-2/h4,9H,3H2,1-2H3,(H3,6,7,8). The molecule has 0 saturated carbocycles. The summed E-state index contributed by atoms with van der Waals surface area (Å²) in [6.07, 6.45) is -0.475. The van der Waals surface area contributed by atoms with Gasteiger partial charge in [-0.2, -0.15) is 0 Å². The minimum atomic E-state index is -0.475. The lowest BCUT2D eigenvalue weighted by Crippen LogP contribution is -2.31. The van der Waals surface area contributed by atoms with Crippen LogP contribution in [0.2, 0.25) is 0 Å². The van der Waals surface area contributed by atoms with E-state index < -0.39 is 6.10 Å². The number of guanidine groups is 1. The number of nitrogens with zero attached hydrogens (tertiary/aromatic N) is 1. The Hall–Kier alpha value is -0.810. The van der Waals surface area contributed by atoms with Crippen LogP contribution in [0.4, 0.5) is 0 Å². The van der Waals surface area contributed by atoms with Crippen LogP contribution in [0, 0.1) is 0 Å². The Labute approximate surface area is 59.8 Å². The Kier molecular flexibility index (Phi) is 4.61. The molecule has 0 saturated heterocycles. The quantitative estimate of drug-likeness (QED) is 0.267. The zero-order valence-corrected chi connectivity index (χ0v) is 6.16. The Morgan fingerprint density at radius 3 is 2.90 bits per heavy atom. The number of hydroxylamine groups is 1. The fourth-order valence-electron chi connectivity index (χ4n) is 0.367. The highest BCUT2D eigenvalue weighted by Gasteiger charge is 1.92. The molecule has 0 radical (unpaired) electrons. The lowest BCUT2D eigenvalue weighted by molar-refractivity contribution is 0.142. The molecule has 0 bridgehead atoms. The normalized spacial score (nSPS) is 14.9. The molecule has 0 amide bonds. The third kappa shape index (κ3) is 5.33. The average Bonchev–Trinajstić information content (AvgIpc) is 1.85. The molecule has 1 atom stereocenters. The first kappa shape index (κ1) is 9.19. The molecule has 0 aliphatic carbocycles. The Morgan fingerprint density at radius 1 is 1.90 bits per heavy atom. The van der Waals surface area contributed by atoms with E-state index in [0.717, 1.165) is 0 Å². The van der Waals surface area contributed by atoms with E-state index in [1.54, 1.807) is 6.92 Å². The maximum atomic E-state index is 8.74. The Balaban J connectivity index is 3.47. The second-order valence-electron chi connectivity index (χ2n) is 1.88. The molecule has 0 heterocycles. The zero-order valence-electron chi connectivity index (χ0n) is 6.16. The summed E-state index contributed by atoms with van der Waals surface area (Å²) in [5.74, 6) is 0.170. The fourth-order valence-corrected chi connectivity index (χ4v) is 0.367. The van der Waals surface area contributed by atoms with Crippen molar-refractivity contribution in [2.24, 2.45) is 10.7 Å². The summed E-state index contributed by atoms with van der Waals surface area (Å²) in [6, 6.07) is 0. The fraction of sp³-hybridized carbons (Fsp3) is 0.800. The molecule has 1 unspecified atom stereocenters. The van der Waals surface area contributed by atoms with E-state index in [-0.39, 0.29) is 12.5 Å². The molecule has 0 aromatic heterocycles. The van der Waals surface area contributed by atoms with Crippen molar-refractivity contribution in [1.29, 1.82) is 0 Å². The minimum Gasteiger partial charge on any atom is -0.391 e. The number of aliphatic hydroxyl groups is 1. The number of nitrogens with two attached hydrogens (primary N) is 1. The van der Waals surface area contributed by atoms with Gasteiger partial charge in [0.05, 0.1) is 19.8 Å². The van der Waals surface area contributed by atoms with Crippen molar-refractivity contribution in [2.45, 2.75) is 13.0 Å². The van der Waals surface area contributed by atoms with Gasteiger partial charge in [0.2, 0.25) is 5.96 Å². The molecular weight excluding hydrogens is 134 g/mol. The Morgan fingerprint density at radius 2 is 2.50 bits per heavy atom. The van der Waals surface area contributed by atoms with Gasteiger partial charge in [0.15, 0.2) is 0 Å². The third-order valence-electron chi connectivity index (χ3n) is 0.732. The summed E-state index contributed by atoms with van der Waals surface area (Å²) in [5.41, 5.74) is 7.55. The topological polar surface area (TPSA) is 79.9 Å². The number of hydrogen-bond acceptors (Lipinski definition) is 3. The maximum Gasteiger partial charge on any atom is 0.213 e. The van der Waals surface area contributed by atoms with Crippen molar-refractivity contribution in [3.8, 4) is 0 Å². The SMILES string of the molecule is CONC(N)=NCC(C)O. The van der Waals surface area contributed by atoms with E-state index in [9.17, 15) is 0 Å². The minimum absolute atomic E-state index is 0.170. The van der Waals surface area contributed by atoms with Gasteiger partial charge in [-0.1, -0.05) is 0 Å². The molecule has 0 spiro atoms. The summed E-state index contributed by atoms with van der Waals surface area (Å²) >= 11 is 0. The molecule has 5 nitrogen and oxygen atoms in total. The second-order valence-corrected chi connectivity index (χ2v) is 1.88. The lowest BCUT2D eigenvalue weighted by atomic mass is 10.4. The van der Waals surface area contributed by atoms with Crippen molar-refractivity contribution in [3.63, 3.8) is 0 Å². The Bertz CT molecular complexity index is 113. The van der Waals surface area contributed by atoms with Crippen LogP contribution in [-0.4, -0.2) is 30.8 Å². The number of aliphatic hydroxyl groups excluding tert-OH is 1. The van der Waals surface area contributed by atoms with Gasteiger partial charge < -0.3 is 10.8 Å². The smallest absolute Gasteiger partial charge is 0.213 e. The number of hydrogen-bond donors (Lipinski definition) is 3. The molecular formula is C5H13N3O2. The molecule has 0 rings (SSSR count). The maximum absolute atomic E-state index is 8.74. The van der Waals surface area contributed by atoms with Gasteiger partial charge in [-0.3, -0.25) is 4.84 Å². The van der Waals surface area contributed by atoms with Crippen molar-refractivity contribution in [1.82, 2.24) is 5.48 Å². The van der Waals surface area contributed by atoms with Crippen molar-refractivity contribution < 1.29 is 9.94 Å². The van der Waals surface area contributed by atoms with Crippen LogP contribution in [0.1, 0.15) is 6.92 Å². The van der Waals surface area contributed by atoms with Crippen LogP contribution in [0.25, 0.3) is 0 Å². The van der Waals surface area contributed by atoms with Gasteiger partial charge in [0, 0.05) is 0 Å². The summed E-state index contributed by atoms with van der Waals surface area (Å²) in [5, 5.41) is 8.74. The summed E-state index contributed by atoms with van der Waals surface area (Å²) < 4.78 is 0. The van der Waals surface area contributed by atoms with Crippen LogP contribution < -0.4 is 11.2 Å². The molecule has 0 aromatic rings. The van der Waals surface area contributed by atoms with Crippen LogP contribution in [-0.2, 0) is 4.84 Å². The summed E-state index contributed by atoms with van der Waals surface area (Å²) in [7, 11) is 1.44. The first-order chi connectivity index (χ1) is 4.66. The average molecular weight is 147 g/mol. The molecule has 5 heteroatoms. The van der Waals surface area contributed by atoms with Gasteiger partial charge in [-0.25, -0.2) is 10.5 Å². The first-order valence-electron chi connectivity index (χ1n) is 2.93. The van der Waals surface area contributed by atoms with E-state index in [1.807, 2.05) is 0 Å². The first-order valence-corrected chi connectivity index (χ1v) is 2.93. The van der Waals surface area contributed by atoms with Crippen molar-refractivity contribution in [2.75, 3.05) is 13.7 Å². The van der Waals surface area contributed by atoms with Gasteiger partial charge in [0.1, 0.15) is 0 Å². The third-order valence-corrected chi connectivity index (χ3v) is 0.732. The summed E-state index contributed by atoms with van der Waals surface area (Å²) in [4.78, 5) is 8.17. The van der Waals surface area contributed by atoms with Gasteiger partial charge in [-0.05, 0) is 6.92 Å². The van der Waals surface area contributed by atoms with Crippen LogP contribution in [0.5, 0.6) is 0 Å². The van der Waals surface area contributed by atoms with E-state index in [1.165, 1.54) is 7.11 Å². The summed E-state index contributed by atoms with van der Waals surface area (Å²) in [6.45, 7) is 1.91. The lowest BCUT2D eigenvalue weighted by Gasteiger charge is -2.02. The van der Waals surface area contributed by atoms with Gasteiger partial charge in [0.25, 0.3) is 0 Å². The molecule has 10 heavy (non-hydrogen) atoms. The highest BCUT2D eigenvalue weighted by Crippen LogP contribution is 1.79. The predicted molar refractivity (Wildman–Crippen MR) is 38.3 cm³/mol. The molecule has 0 aliphatic rings. The van der Waals surface area contributed by atoms with Gasteiger partial charge >= 0.3 is 0 Å². The van der Waals surface area contributed by atoms with E-state index in [4.69, 9.17) is 10.8 Å². The van der Waals surface area contributed by atoms with E-state index in [2.05, 4.69) is 15.3 Å². The molecule has 4 N–H and O–H groups in total. The monoisotopic (exact) mass is 147 g/mol. The van der Waals surface area contributed by atoms with Crippen molar-refractivity contribution in [3.05, 3.63) is 0 Å². The molecule has 60 valence electrons. The zero-order chi connectivity index (χ0) is 7.98. The highest BCUT2D eigenvalue weighted by molar-refractivity contribution is 5.76. The molecule has 0 aliphatic heterocycles. The molecule has 0 aromatic carbocycles. The van der Waals surface area contributed by atoms with Gasteiger partial charge in [-0.15, -0.1) is 0 Å². The van der Waals surface area contributed by atoms with E-state index in [0.29, 0.717) is 0 Å². The predicted octanol–water partition coefficient (Wildman–Crippen LogP) is -1.17. The van der Waals surface area contributed by atoms with E-state index >= 15 is 0 Å². The van der Waals surface area contributed by atoms with Crippen LogP contribution in [0.3, 0.4) is 0 Å². The number of nitrogens with one attached hydrogen (secondary N) is 1. The van der Waals surface area contributed by atoms with Crippen LogP contribution in [0.15, 0.2) is 4.99 Å². The molecule has 0 fully saturated rings. The second kappa shape index (κ2) is 5.01.